The van der Waals surface area contributed by atoms with Crippen LogP contribution in [0.2, 0.25) is 0 Å². The Balaban J connectivity index is 1.54. The molecule has 150 valence electrons. The second kappa shape index (κ2) is 8.60. The summed E-state index contributed by atoms with van der Waals surface area (Å²) in [6.07, 6.45) is 6.53. The summed E-state index contributed by atoms with van der Waals surface area (Å²) in [4.78, 5) is 12.9. The van der Waals surface area contributed by atoms with E-state index in [0.29, 0.717) is 17.6 Å². The smallest absolute Gasteiger partial charge is 0.318 e. The number of benzene rings is 2. The standard InChI is InChI=1S/C24H27N3O2/c1-16-7-6-8-17(2)21(16)23-25-22(26-24(28)27-23)19-11-13-20(14-12-19)29-15-18-9-4-3-5-10-18/h6-8,11-14,18H,3-5,9-10,15H2,1-2H3,(H,25,26,27,28). The molecule has 29 heavy (non-hydrogen) atoms. The van der Waals surface area contributed by atoms with Crippen LogP contribution in [-0.2, 0) is 0 Å². The average molecular weight is 389 g/mol. The summed E-state index contributed by atoms with van der Waals surface area (Å²) in [5.74, 6) is 2.46. The fraction of sp³-hybridized carbons (Fsp3) is 0.375. The Morgan fingerprint density at radius 2 is 1.52 bits per heavy atom. The maximum absolute atomic E-state index is 10.1. The highest BCUT2D eigenvalue weighted by molar-refractivity contribution is 5.67. The van der Waals surface area contributed by atoms with E-state index in [1.165, 1.54) is 32.1 Å². The molecule has 1 aromatic heterocycles. The van der Waals surface area contributed by atoms with E-state index in [4.69, 9.17) is 4.74 Å². The van der Waals surface area contributed by atoms with Crippen LogP contribution < -0.4 is 4.74 Å². The highest BCUT2D eigenvalue weighted by atomic mass is 16.5. The first-order chi connectivity index (χ1) is 14.1. The molecule has 5 heteroatoms. The van der Waals surface area contributed by atoms with E-state index in [1.54, 1.807) is 0 Å². The quantitative estimate of drug-likeness (QED) is 0.625. The SMILES string of the molecule is Cc1cccc(C)c1-c1nc(O)nc(-c2ccc(OCC3CCCCC3)cc2)n1. The summed E-state index contributed by atoms with van der Waals surface area (Å²) in [6.45, 7) is 4.81. The van der Waals surface area contributed by atoms with Crippen molar-refractivity contribution in [3.8, 4) is 34.5 Å². The highest BCUT2D eigenvalue weighted by Gasteiger charge is 2.15. The van der Waals surface area contributed by atoms with Gasteiger partial charge in [-0.25, -0.2) is 4.98 Å². The Morgan fingerprint density at radius 3 is 2.21 bits per heavy atom. The number of aryl methyl sites for hydroxylation is 2. The Bertz CT molecular complexity index is 960. The van der Waals surface area contributed by atoms with Crippen molar-refractivity contribution in [3.05, 3.63) is 53.6 Å². The first kappa shape index (κ1) is 19.4. The molecule has 1 aliphatic rings. The highest BCUT2D eigenvalue weighted by Crippen LogP contribution is 2.28. The molecule has 0 amide bonds. The molecule has 2 aromatic carbocycles. The van der Waals surface area contributed by atoms with Gasteiger partial charge in [0.25, 0.3) is 0 Å². The van der Waals surface area contributed by atoms with Crippen molar-refractivity contribution in [2.45, 2.75) is 46.0 Å². The average Bonchev–Trinajstić information content (AvgIpc) is 2.73. The minimum absolute atomic E-state index is 0.273. The van der Waals surface area contributed by atoms with E-state index in [1.807, 2.05) is 56.3 Å². The van der Waals surface area contributed by atoms with Gasteiger partial charge in [-0.15, -0.1) is 0 Å². The summed E-state index contributed by atoms with van der Waals surface area (Å²) in [5.41, 5.74) is 3.88. The molecular weight excluding hydrogens is 362 g/mol. The second-order valence-corrected chi connectivity index (χ2v) is 7.89. The molecular formula is C24H27N3O2. The fourth-order valence-corrected chi connectivity index (χ4v) is 4.04. The van der Waals surface area contributed by atoms with Gasteiger partial charge in [-0.05, 0) is 68.0 Å². The van der Waals surface area contributed by atoms with Crippen LogP contribution in [0, 0.1) is 19.8 Å². The van der Waals surface area contributed by atoms with Crippen LogP contribution in [0.3, 0.4) is 0 Å². The van der Waals surface area contributed by atoms with Crippen LogP contribution in [-0.4, -0.2) is 26.7 Å². The van der Waals surface area contributed by atoms with Gasteiger partial charge in [0.15, 0.2) is 11.6 Å². The Labute approximate surface area is 171 Å². The van der Waals surface area contributed by atoms with Crippen molar-refractivity contribution in [1.82, 2.24) is 15.0 Å². The number of hydrogen-bond acceptors (Lipinski definition) is 5. The van der Waals surface area contributed by atoms with Gasteiger partial charge in [0.1, 0.15) is 5.75 Å². The van der Waals surface area contributed by atoms with Crippen LogP contribution in [0.5, 0.6) is 11.8 Å². The molecule has 0 aliphatic heterocycles. The van der Waals surface area contributed by atoms with Crippen molar-refractivity contribution in [3.63, 3.8) is 0 Å². The van der Waals surface area contributed by atoms with E-state index < -0.39 is 0 Å². The van der Waals surface area contributed by atoms with Gasteiger partial charge in [-0.1, -0.05) is 37.5 Å². The minimum Gasteiger partial charge on any atom is -0.493 e. The zero-order valence-corrected chi connectivity index (χ0v) is 17.1. The lowest BCUT2D eigenvalue weighted by molar-refractivity contribution is 0.209. The van der Waals surface area contributed by atoms with E-state index in [9.17, 15) is 5.11 Å². The molecule has 0 unspecified atom stereocenters. The predicted molar refractivity (Wildman–Crippen MR) is 114 cm³/mol. The van der Waals surface area contributed by atoms with E-state index in [0.717, 1.165) is 34.6 Å². The van der Waals surface area contributed by atoms with Crippen molar-refractivity contribution < 1.29 is 9.84 Å². The second-order valence-electron chi connectivity index (χ2n) is 7.89. The number of aromatic hydroxyl groups is 1. The van der Waals surface area contributed by atoms with Crippen LogP contribution in [0.25, 0.3) is 22.8 Å². The molecule has 0 bridgehead atoms. The molecule has 5 nitrogen and oxygen atoms in total. The van der Waals surface area contributed by atoms with E-state index >= 15 is 0 Å². The summed E-state index contributed by atoms with van der Waals surface area (Å²) in [6, 6.07) is 13.5. The fourth-order valence-electron chi connectivity index (χ4n) is 4.04. The molecule has 0 saturated heterocycles. The summed E-state index contributed by atoms with van der Waals surface area (Å²) in [5, 5.41) is 10.1. The van der Waals surface area contributed by atoms with Crippen molar-refractivity contribution >= 4 is 0 Å². The molecule has 1 fully saturated rings. The maximum Gasteiger partial charge on any atom is 0.318 e. The molecule has 0 spiro atoms. The number of hydrogen-bond donors (Lipinski definition) is 1. The van der Waals surface area contributed by atoms with Gasteiger partial charge >= 0.3 is 6.01 Å². The Hall–Kier alpha value is -2.95. The van der Waals surface area contributed by atoms with Gasteiger partial charge < -0.3 is 9.84 Å². The van der Waals surface area contributed by atoms with Gasteiger partial charge in [0.05, 0.1) is 6.61 Å². The molecule has 0 radical (unpaired) electrons. The Morgan fingerprint density at radius 1 is 0.862 bits per heavy atom. The molecule has 1 saturated carbocycles. The third-order valence-electron chi connectivity index (χ3n) is 5.65. The lowest BCUT2D eigenvalue weighted by Gasteiger charge is -2.21. The predicted octanol–water partition coefficient (Wildman–Crippen LogP) is 5.49. The first-order valence-corrected chi connectivity index (χ1v) is 10.3. The lowest BCUT2D eigenvalue weighted by atomic mass is 9.90. The van der Waals surface area contributed by atoms with Crippen LogP contribution in [0.15, 0.2) is 42.5 Å². The summed E-state index contributed by atoms with van der Waals surface area (Å²) >= 11 is 0. The van der Waals surface area contributed by atoms with Crippen molar-refractivity contribution in [1.29, 1.82) is 0 Å². The monoisotopic (exact) mass is 389 g/mol. The van der Waals surface area contributed by atoms with Crippen molar-refractivity contribution in [2.24, 2.45) is 5.92 Å². The van der Waals surface area contributed by atoms with Gasteiger partial charge in [-0.2, -0.15) is 9.97 Å². The van der Waals surface area contributed by atoms with Crippen LogP contribution in [0.1, 0.15) is 43.2 Å². The maximum atomic E-state index is 10.1. The van der Waals surface area contributed by atoms with Gasteiger partial charge in [0.2, 0.25) is 0 Å². The molecule has 0 atom stereocenters. The number of nitrogens with zero attached hydrogens (tertiary/aromatic N) is 3. The molecule has 1 heterocycles. The van der Waals surface area contributed by atoms with Crippen LogP contribution in [0.4, 0.5) is 0 Å². The zero-order chi connectivity index (χ0) is 20.2. The summed E-state index contributed by atoms with van der Waals surface area (Å²) < 4.78 is 5.98. The van der Waals surface area contributed by atoms with E-state index in [2.05, 4.69) is 15.0 Å². The number of aromatic nitrogens is 3. The molecule has 4 rings (SSSR count). The summed E-state index contributed by atoms with van der Waals surface area (Å²) in [7, 11) is 0. The minimum atomic E-state index is -0.273. The third kappa shape index (κ3) is 4.56. The third-order valence-corrected chi connectivity index (χ3v) is 5.65. The normalized spacial score (nSPS) is 14.7. The van der Waals surface area contributed by atoms with Crippen molar-refractivity contribution in [2.75, 3.05) is 6.61 Å². The number of rotatable bonds is 5. The molecule has 1 aliphatic carbocycles. The molecule has 1 N–H and O–H groups in total. The van der Waals surface area contributed by atoms with Gasteiger partial charge in [-0.3, -0.25) is 0 Å². The largest absolute Gasteiger partial charge is 0.493 e. The van der Waals surface area contributed by atoms with Gasteiger partial charge in [0, 0.05) is 11.1 Å². The Kier molecular flexibility index (Phi) is 5.74. The van der Waals surface area contributed by atoms with Crippen LogP contribution >= 0.6 is 0 Å². The topological polar surface area (TPSA) is 68.1 Å². The first-order valence-electron chi connectivity index (χ1n) is 10.3. The number of ether oxygens (including phenoxy) is 1. The molecule has 3 aromatic rings. The van der Waals surface area contributed by atoms with E-state index in [-0.39, 0.29) is 6.01 Å². The zero-order valence-electron chi connectivity index (χ0n) is 17.1. The lowest BCUT2D eigenvalue weighted by Crippen LogP contribution is -2.15.